The Morgan fingerprint density at radius 1 is 0.276 bits per heavy atom. The molecule has 0 N–H and O–H groups in total. The Morgan fingerprint density at radius 3 is 1.13 bits per heavy atom. The topological polar surface area (TPSA) is 43.6 Å². The molecule has 13 aromatic rings. The molecule has 2 heterocycles. The molecule has 0 aliphatic heterocycles. The zero-order valence-electron chi connectivity index (χ0n) is 42.3. The van der Waals surface area contributed by atoms with Gasteiger partial charge in [0.25, 0.3) is 0 Å². The summed E-state index contributed by atoms with van der Waals surface area (Å²) in [5, 5.41) is 2.34. The Kier molecular flexibility index (Phi) is 12.2. The van der Waals surface area contributed by atoms with Gasteiger partial charge in [0.1, 0.15) is 0 Å². The zero-order chi connectivity index (χ0) is 51.0. The Hall–Kier alpha value is -9.23. The van der Waals surface area contributed by atoms with Crippen LogP contribution in [0.5, 0.6) is 0 Å². The molecule has 0 radical (unpaired) electrons. The van der Waals surface area contributed by atoms with Gasteiger partial charge < -0.3 is 0 Å². The van der Waals surface area contributed by atoms with Crippen molar-refractivity contribution in [3.05, 3.63) is 290 Å². The monoisotopic (exact) mass is 1030 g/mol. The van der Waals surface area contributed by atoms with Crippen LogP contribution >= 0.6 is 0 Å². The third kappa shape index (κ3) is 8.34. The van der Waals surface area contributed by atoms with E-state index in [1.165, 1.54) is 61.7 Å². The summed E-state index contributed by atoms with van der Waals surface area (Å²) in [5.41, 5.74) is 15.4. The quantitative estimate of drug-likeness (QED) is 0.121. The van der Waals surface area contributed by atoms with Gasteiger partial charge in [0, 0.05) is 0 Å². The van der Waals surface area contributed by atoms with Gasteiger partial charge in [0.15, 0.2) is 0 Å². The van der Waals surface area contributed by atoms with Crippen LogP contribution in [-0.4, -0.2) is 32.8 Å². The van der Waals surface area contributed by atoms with Crippen LogP contribution in [0, 0.1) is 13.8 Å². The second-order valence-corrected chi connectivity index (χ2v) is 27.6. The van der Waals surface area contributed by atoms with Crippen LogP contribution in [-0.2, 0) is 0 Å². The SMILES string of the molecule is Cc1ccccc1-c1ccc2c(c1)c1cc(-c3ccccc3C)ccc1n2-c1ccc(-c2ccc[c]([Ge]([c]3ccccc3)([c]3ccccc3)[c]3ccccc3)c2)cc1-c1nc(-c2ccccc2)nc(-c2ccccc2)n1. The van der Waals surface area contributed by atoms with Crippen molar-refractivity contribution in [1.29, 1.82) is 0 Å². The molecule has 0 aliphatic carbocycles. The molecule has 11 aromatic carbocycles. The molecular weight excluding hydrogens is 981 g/mol. The summed E-state index contributed by atoms with van der Waals surface area (Å²) in [7, 11) is 0. The van der Waals surface area contributed by atoms with E-state index >= 15 is 0 Å². The first-order valence-corrected chi connectivity index (χ1v) is 30.2. The van der Waals surface area contributed by atoms with Crippen LogP contribution in [0.25, 0.3) is 95.0 Å². The van der Waals surface area contributed by atoms with E-state index in [-0.39, 0.29) is 0 Å². The minimum atomic E-state index is -3.63. The van der Waals surface area contributed by atoms with Gasteiger partial charge in [-0.3, -0.25) is 0 Å². The number of nitrogens with zero attached hydrogens (tertiary/aromatic N) is 4. The predicted molar refractivity (Wildman–Crippen MR) is 320 cm³/mol. The van der Waals surface area contributed by atoms with Crippen LogP contribution < -0.4 is 17.6 Å². The number of aromatic nitrogens is 4. The van der Waals surface area contributed by atoms with Crippen LogP contribution in [0.4, 0.5) is 0 Å². The van der Waals surface area contributed by atoms with E-state index in [2.05, 4.69) is 261 Å². The normalized spacial score (nSPS) is 11.6. The van der Waals surface area contributed by atoms with Gasteiger partial charge in [-0.25, -0.2) is 0 Å². The number of fused-ring (bicyclic) bond motifs is 3. The number of hydrogen-bond acceptors (Lipinski definition) is 3. The van der Waals surface area contributed by atoms with Crippen molar-refractivity contribution in [3.8, 4) is 73.2 Å². The fraction of sp³-hybridized carbons (Fsp3) is 0.0282. The minimum absolute atomic E-state index is 0.591. The molecule has 360 valence electrons. The second kappa shape index (κ2) is 19.9. The van der Waals surface area contributed by atoms with E-state index in [1.807, 2.05) is 36.4 Å². The first kappa shape index (κ1) is 46.6. The second-order valence-electron chi connectivity index (χ2n) is 19.6. The maximum atomic E-state index is 5.44. The third-order valence-corrected chi connectivity index (χ3v) is 25.1. The first-order chi connectivity index (χ1) is 37.5. The summed E-state index contributed by atoms with van der Waals surface area (Å²) < 4.78 is 7.91. The predicted octanol–water partition coefficient (Wildman–Crippen LogP) is 15.0. The molecule has 0 fully saturated rings. The van der Waals surface area contributed by atoms with E-state index < -0.39 is 13.3 Å². The van der Waals surface area contributed by atoms with Crippen molar-refractivity contribution in [3.63, 3.8) is 0 Å². The van der Waals surface area contributed by atoms with Gasteiger partial charge >= 0.3 is 353 Å². The Morgan fingerprint density at radius 2 is 0.658 bits per heavy atom. The number of hydrogen-bond donors (Lipinski definition) is 0. The molecule has 0 saturated heterocycles. The summed E-state index contributed by atoms with van der Waals surface area (Å²) in [6.07, 6.45) is 0. The van der Waals surface area contributed by atoms with Crippen LogP contribution in [0.15, 0.2) is 279 Å². The molecule has 0 aliphatic rings. The van der Waals surface area contributed by atoms with E-state index in [0.717, 1.165) is 44.5 Å². The molecule has 13 rings (SSSR count). The van der Waals surface area contributed by atoms with Gasteiger partial charge in [0.05, 0.1) is 0 Å². The molecule has 0 saturated carbocycles. The Labute approximate surface area is 446 Å². The molecule has 76 heavy (non-hydrogen) atoms. The van der Waals surface area contributed by atoms with Gasteiger partial charge in [-0.05, 0) is 36.1 Å². The maximum absolute atomic E-state index is 5.44. The number of rotatable bonds is 11. The number of aryl methyl sites for hydroxylation is 2. The van der Waals surface area contributed by atoms with E-state index in [4.69, 9.17) is 15.0 Å². The van der Waals surface area contributed by atoms with Crippen LogP contribution in [0.1, 0.15) is 11.1 Å². The zero-order valence-corrected chi connectivity index (χ0v) is 44.4. The van der Waals surface area contributed by atoms with Crippen molar-refractivity contribution in [2.75, 3.05) is 0 Å². The van der Waals surface area contributed by atoms with Gasteiger partial charge in [-0.1, -0.05) is 60.7 Å². The van der Waals surface area contributed by atoms with Crippen molar-refractivity contribution < 1.29 is 0 Å². The van der Waals surface area contributed by atoms with Crippen LogP contribution in [0.3, 0.4) is 0 Å². The molecule has 0 unspecified atom stereocenters. The average Bonchev–Trinajstić information content (AvgIpc) is 3.86. The van der Waals surface area contributed by atoms with Crippen LogP contribution in [0.2, 0.25) is 0 Å². The van der Waals surface area contributed by atoms with Gasteiger partial charge in [-0.2, -0.15) is 0 Å². The molecule has 0 amide bonds. The first-order valence-electron chi connectivity index (χ1n) is 26.0. The molecule has 0 spiro atoms. The molecule has 2 aromatic heterocycles. The van der Waals surface area contributed by atoms with Crippen molar-refractivity contribution in [2.24, 2.45) is 0 Å². The van der Waals surface area contributed by atoms with E-state index in [1.54, 1.807) is 0 Å². The Balaban J connectivity index is 1.09. The van der Waals surface area contributed by atoms with Gasteiger partial charge in [-0.15, -0.1) is 0 Å². The average molecular weight is 1030 g/mol. The van der Waals surface area contributed by atoms with E-state index in [0.29, 0.717) is 17.5 Å². The van der Waals surface area contributed by atoms with E-state index in [9.17, 15) is 0 Å². The summed E-state index contributed by atoms with van der Waals surface area (Å²) in [4.78, 5) is 16.0. The fourth-order valence-corrected chi connectivity index (χ4v) is 21.5. The standard InChI is InChI=1S/C71H52GeN4/c1-49-23-18-20-37-61(49)55-40-43-66-63(47-55)64-48-56(62-38-21-19-24-50(62)2)41-44-67(64)76(66)68-42-39-54(46-65(68)71-74-69(51-25-8-3-9-26-51)73-70(75-71)52-27-10-4-11-28-52)53-29-22-36-60(45-53)72(57-30-12-5-13-31-57,58-32-14-6-15-33-58)59-34-16-7-17-35-59/h3-48H,1-2H3. The Bertz CT molecular complexity index is 3970. The molecule has 0 atom stereocenters. The van der Waals surface area contributed by atoms with Crippen molar-refractivity contribution in [2.45, 2.75) is 13.8 Å². The summed E-state index contributed by atoms with van der Waals surface area (Å²) in [6.45, 7) is 4.39. The fourth-order valence-electron chi connectivity index (χ4n) is 11.4. The summed E-state index contributed by atoms with van der Waals surface area (Å²) in [6, 6.07) is 102. The van der Waals surface area contributed by atoms with Crippen molar-refractivity contribution in [1.82, 2.24) is 19.5 Å². The molecule has 5 heteroatoms. The molecule has 0 bridgehead atoms. The summed E-state index contributed by atoms with van der Waals surface area (Å²) in [5.74, 6) is 1.82. The summed E-state index contributed by atoms with van der Waals surface area (Å²) >= 11 is -3.63. The molecular formula is C71H52GeN4. The third-order valence-electron chi connectivity index (χ3n) is 15.1. The van der Waals surface area contributed by atoms with Gasteiger partial charge in [0.2, 0.25) is 0 Å². The number of benzene rings is 11. The molecule has 4 nitrogen and oxygen atoms in total. The van der Waals surface area contributed by atoms with Crippen molar-refractivity contribution >= 4 is 52.7 Å².